The highest BCUT2D eigenvalue weighted by Crippen LogP contribution is 2.44. The second-order valence-corrected chi connectivity index (χ2v) is 11.5. The largest absolute Gasteiger partial charge is 0.481 e. The number of aliphatic carboxylic acids is 1. The number of fused-ring (bicyclic) bond motifs is 5. The summed E-state index contributed by atoms with van der Waals surface area (Å²) < 4.78 is 5.58. The van der Waals surface area contributed by atoms with Crippen LogP contribution in [0.4, 0.5) is 4.79 Å². The van der Waals surface area contributed by atoms with Gasteiger partial charge in [0.15, 0.2) is 0 Å². The number of hydrogen-bond acceptors (Lipinski definition) is 5. The molecule has 1 heterocycles. The highest BCUT2D eigenvalue weighted by atomic mass is 16.5. The Morgan fingerprint density at radius 2 is 1.54 bits per heavy atom. The normalized spacial score (nSPS) is 21.9. The monoisotopic (exact) mass is 553 g/mol. The van der Waals surface area contributed by atoms with Gasteiger partial charge in [-0.2, -0.15) is 0 Å². The number of ether oxygens (including phenoxy) is 1. The number of carbonyl (C=O) groups is 3. The molecule has 41 heavy (non-hydrogen) atoms. The van der Waals surface area contributed by atoms with Gasteiger partial charge in [0.1, 0.15) is 12.6 Å². The smallest absolute Gasteiger partial charge is 0.407 e. The van der Waals surface area contributed by atoms with Gasteiger partial charge in [-0.3, -0.25) is 14.5 Å². The van der Waals surface area contributed by atoms with E-state index in [1.54, 1.807) is 0 Å². The Morgan fingerprint density at radius 3 is 2.22 bits per heavy atom. The van der Waals surface area contributed by atoms with Gasteiger partial charge in [0.05, 0.1) is 6.42 Å². The van der Waals surface area contributed by atoms with Gasteiger partial charge in [0.2, 0.25) is 5.91 Å². The van der Waals surface area contributed by atoms with Gasteiger partial charge in [0, 0.05) is 31.1 Å². The molecule has 2 aliphatic carbocycles. The zero-order valence-corrected chi connectivity index (χ0v) is 22.9. The van der Waals surface area contributed by atoms with Crippen molar-refractivity contribution < 1.29 is 24.2 Å². The van der Waals surface area contributed by atoms with Crippen molar-refractivity contribution in [3.05, 3.63) is 95.6 Å². The molecule has 4 atom stereocenters. The number of nitrogens with zero attached hydrogens (tertiary/aromatic N) is 1. The summed E-state index contributed by atoms with van der Waals surface area (Å²) in [5.41, 5.74) is 5.66. The molecule has 3 aromatic carbocycles. The molecule has 2 fully saturated rings. The van der Waals surface area contributed by atoms with Crippen molar-refractivity contribution in [2.24, 2.45) is 5.92 Å². The fourth-order valence-corrected chi connectivity index (χ4v) is 6.93. The van der Waals surface area contributed by atoms with Gasteiger partial charge in [-0.1, -0.05) is 78.9 Å². The van der Waals surface area contributed by atoms with Gasteiger partial charge in [-0.05, 0) is 53.0 Å². The number of carboxylic acids is 1. The topological polar surface area (TPSA) is 108 Å². The van der Waals surface area contributed by atoms with Crippen molar-refractivity contribution in [2.75, 3.05) is 13.2 Å². The molecule has 1 saturated carbocycles. The lowest BCUT2D eigenvalue weighted by Gasteiger charge is -2.31. The molecular formula is C33H35N3O5. The first-order valence-corrected chi connectivity index (χ1v) is 14.4. The van der Waals surface area contributed by atoms with Gasteiger partial charge >= 0.3 is 12.1 Å². The van der Waals surface area contributed by atoms with Crippen LogP contribution in [0.1, 0.15) is 48.3 Å². The number of benzene rings is 3. The van der Waals surface area contributed by atoms with Gasteiger partial charge in [0.25, 0.3) is 0 Å². The fourth-order valence-electron chi connectivity index (χ4n) is 6.93. The van der Waals surface area contributed by atoms with Crippen molar-refractivity contribution in [3.63, 3.8) is 0 Å². The summed E-state index contributed by atoms with van der Waals surface area (Å²) in [6.45, 7) is 1.96. The maximum absolute atomic E-state index is 13.2. The van der Waals surface area contributed by atoms with E-state index in [-0.39, 0.29) is 18.6 Å². The van der Waals surface area contributed by atoms with Crippen LogP contribution in [0.2, 0.25) is 0 Å². The molecule has 3 aromatic rings. The predicted octanol–water partition coefficient (Wildman–Crippen LogP) is 4.54. The van der Waals surface area contributed by atoms with Gasteiger partial charge in [-0.15, -0.1) is 0 Å². The van der Waals surface area contributed by atoms with Crippen LogP contribution >= 0.6 is 0 Å². The number of likely N-dealkylation sites (tertiary alicyclic amines) is 1. The molecule has 3 N–H and O–H groups in total. The van der Waals surface area contributed by atoms with Crippen LogP contribution in [0, 0.1) is 5.92 Å². The van der Waals surface area contributed by atoms with Crippen LogP contribution in [0.25, 0.3) is 11.1 Å². The molecule has 3 aliphatic rings. The quantitative estimate of drug-likeness (QED) is 0.359. The molecule has 6 rings (SSSR count). The zero-order chi connectivity index (χ0) is 28.3. The summed E-state index contributed by atoms with van der Waals surface area (Å²) in [6.07, 6.45) is 1.44. The van der Waals surface area contributed by atoms with E-state index in [2.05, 4.69) is 39.8 Å². The highest BCUT2D eigenvalue weighted by molar-refractivity contribution is 5.89. The molecule has 1 aliphatic heterocycles. The maximum Gasteiger partial charge on any atom is 0.407 e. The first-order chi connectivity index (χ1) is 19.9. The van der Waals surface area contributed by atoms with Crippen molar-refractivity contribution in [2.45, 2.75) is 56.3 Å². The van der Waals surface area contributed by atoms with E-state index >= 15 is 0 Å². The summed E-state index contributed by atoms with van der Waals surface area (Å²) in [4.78, 5) is 40.1. The molecule has 0 spiro atoms. The number of hydrogen-bond donors (Lipinski definition) is 3. The fraction of sp³-hybridized carbons (Fsp3) is 0.364. The Balaban J connectivity index is 1.05. The van der Waals surface area contributed by atoms with E-state index in [0.717, 1.165) is 54.6 Å². The number of carboxylic acid groups (broad SMARTS) is 1. The van der Waals surface area contributed by atoms with Crippen molar-refractivity contribution in [1.82, 2.24) is 15.5 Å². The Kier molecular flexibility index (Phi) is 7.74. The van der Waals surface area contributed by atoms with E-state index < -0.39 is 30.4 Å². The van der Waals surface area contributed by atoms with E-state index in [4.69, 9.17) is 4.74 Å². The number of rotatable bonds is 9. The minimum absolute atomic E-state index is 0.0624. The van der Waals surface area contributed by atoms with E-state index in [1.807, 2.05) is 54.6 Å². The second-order valence-electron chi connectivity index (χ2n) is 11.5. The van der Waals surface area contributed by atoms with Gasteiger partial charge < -0.3 is 20.5 Å². The van der Waals surface area contributed by atoms with Crippen LogP contribution in [0.5, 0.6) is 0 Å². The first-order valence-electron chi connectivity index (χ1n) is 14.4. The lowest BCUT2D eigenvalue weighted by molar-refractivity contribution is -0.140. The van der Waals surface area contributed by atoms with Crippen LogP contribution < -0.4 is 10.6 Å². The summed E-state index contributed by atoms with van der Waals surface area (Å²) in [7, 11) is 0. The van der Waals surface area contributed by atoms with Crippen LogP contribution in [-0.2, 0) is 20.9 Å². The van der Waals surface area contributed by atoms with E-state index in [1.165, 1.54) is 5.56 Å². The molecule has 2 bridgehead atoms. The Bertz CT molecular complexity index is 1380. The van der Waals surface area contributed by atoms with Crippen LogP contribution in [0.15, 0.2) is 78.9 Å². The van der Waals surface area contributed by atoms with Crippen molar-refractivity contribution >= 4 is 18.0 Å². The molecule has 1 saturated heterocycles. The molecule has 8 heteroatoms. The molecule has 4 unspecified atom stereocenters. The molecule has 0 aromatic heterocycles. The van der Waals surface area contributed by atoms with E-state index in [0.29, 0.717) is 12.0 Å². The average Bonchev–Trinajstić information content (AvgIpc) is 3.44. The first kappa shape index (κ1) is 27.0. The second kappa shape index (κ2) is 11.7. The predicted molar refractivity (Wildman–Crippen MR) is 154 cm³/mol. The third-order valence-corrected chi connectivity index (χ3v) is 8.69. The average molecular weight is 554 g/mol. The summed E-state index contributed by atoms with van der Waals surface area (Å²) >= 11 is 0. The Hall–Kier alpha value is -4.17. The highest BCUT2D eigenvalue weighted by Gasteiger charge is 2.40. The number of carbonyl (C=O) groups excluding carboxylic acids is 2. The molecule has 212 valence electrons. The van der Waals surface area contributed by atoms with Gasteiger partial charge in [-0.25, -0.2) is 4.79 Å². The summed E-state index contributed by atoms with van der Waals surface area (Å²) in [6, 6.07) is 25.5. The van der Waals surface area contributed by atoms with Crippen molar-refractivity contribution in [1.29, 1.82) is 0 Å². The Labute approximate surface area is 239 Å². The standard InChI is InChI=1S/C33H35N3O5/c37-31(38)17-30(32(39)34-23-14-22-15-24(16-23)36(19-22)18-21-8-2-1-3-9-21)35-33(40)41-20-29-27-12-6-4-10-25(27)26-11-5-7-13-28(26)29/h1-13,22-24,29-30H,14-20H2,(H,34,39)(H,35,40)(H,37,38). The van der Waals surface area contributed by atoms with E-state index in [9.17, 15) is 19.5 Å². The third-order valence-electron chi connectivity index (χ3n) is 8.69. The molecule has 2 amide bonds. The Morgan fingerprint density at radius 1 is 0.878 bits per heavy atom. The maximum atomic E-state index is 13.2. The number of alkyl carbamates (subject to hydrolysis) is 1. The summed E-state index contributed by atoms with van der Waals surface area (Å²) in [5.74, 6) is -1.30. The molecule has 8 nitrogen and oxygen atoms in total. The SMILES string of the molecule is O=C(O)CC(NC(=O)OCC1c2ccccc2-c2ccccc21)C(=O)NC1CC2CC(C1)N(Cc1ccccc1)C2. The summed E-state index contributed by atoms with van der Waals surface area (Å²) in [5, 5.41) is 15.0. The van der Waals surface area contributed by atoms with Crippen LogP contribution in [-0.4, -0.2) is 59.3 Å². The zero-order valence-electron chi connectivity index (χ0n) is 22.9. The van der Waals surface area contributed by atoms with Crippen molar-refractivity contribution in [3.8, 4) is 11.1 Å². The lowest BCUT2D eigenvalue weighted by atomic mass is 9.86. The minimum atomic E-state index is -1.22. The number of amides is 2. The molecular weight excluding hydrogens is 518 g/mol. The minimum Gasteiger partial charge on any atom is -0.481 e. The van der Waals surface area contributed by atoms with Crippen LogP contribution in [0.3, 0.4) is 0 Å². The lowest BCUT2D eigenvalue weighted by Crippen LogP contribution is -2.52. The number of nitrogens with one attached hydrogen (secondary N) is 2. The molecule has 0 radical (unpaired) electrons. The third kappa shape index (κ3) is 5.98.